The lowest BCUT2D eigenvalue weighted by atomic mass is 10.1. The molecule has 0 radical (unpaired) electrons. The number of hydrogen-bond donors (Lipinski definition) is 1. The first-order valence-electron chi connectivity index (χ1n) is 7.53. The van der Waals surface area contributed by atoms with Crippen LogP contribution in [0.2, 0.25) is 5.02 Å². The van der Waals surface area contributed by atoms with Crippen molar-refractivity contribution in [2.75, 3.05) is 39.0 Å². The standard InChI is InChI=1S/C16H24ClN3O/c1-4-13-11-19(3)8-5-9-20(13)16(21)14-10-12(17)6-7-15(14)18-2/h6-7,10,13,18H,4-5,8-9,11H2,1-3H3. The van der Waals surface area contributed by atoms with Crippen LogP contribution in [0.1, 0.15) is 30.1 Å². The molecule has 2 rings (SSSR count). The van der Waals surface area contributed by atoms with Crippen LogP contribution >= 0.6 is 11.6 Å². The molecule has 1 fully saturated rings. The Balaban J connectivity index is 2.31. The smallest absolute Gasteiger partial charge is 0.256 e. The molecule has 1 amide bonds. The number of amides is 1. The number of nitrogens with zero attached hydrogens (tertiary/aromatic N) is 2. The lowest BCUT2D eigenvalue weighted by Crippen LogP contribution is -2.43. The molecule has 21 heavy (non-hydrogen) atoms. The highest BCUT2D eigenvalue weighted by Gasteiger charge is 2.28. The molecular formula is C16H24ClN3O. The second kappa shape index (κ2) is 7.14. The molecule has 116 valence electrons. The van der Waals surface area contributed by atoms with E-state index >= 15 is 0 Å². The number of likely N-dealkylation sites (N-methyl/N-ethyl adjacent to an activating group) is 1. The van der Waals surface area contributed by atoms with Crippen molar-refractivity contribution in [3.63, 3.8) is 0 Å². The number of anilines is 1. The fraction of sp³-hybridized carbons (Fsp3) is 0.562. The van der Waals surface area contributed by atoms with E-state index < -0.39 is 0 Å². The van der Waals surface area contributed by atoms with Crippen LogP contribution in [-0.4, -0.2) is 55.5 Å². The lowest BCUT2D eigenvalue weighted by molar-refractivity contribution is 0.0676. The predicted molar refractivity (Wildman–Crippen MR) is 88.2 cm³/mol. The van der Waals surface area contributed by atoms with Gasteiger partial charge in [-0.05, 0) is 44.6 Å². The maximum atomic E-state index is 13.0. The molecular weight excluding hydrogens is 286 g/mol. The van der Waals surface area contributed by atoms with E-state index in [-0.39, 0.29) is 11.9 Å². The fourth-order valence-electron chi connectivity index (χ4n) is 2.93. The Morgan fingerprint density at radius 2 is 2.19 bits per heavy atom. The highest BCUT2D eigenvalue weighted by atomic mass is 35.5. The average Bonchev–Trinajstić information content (AvgIpc) is 2.67. The molecule has 1 aliphatic rings. The summed E-state index contributed by atoms with van der Waals surface area (Å²) in [6, 6.07) is 5.68. The number of benzene rings is 1. The minimum absolute atomic E-state index is 0.0731. The van der Waals surface area contributed by atoms with Gasteiger partial charge in [-0.3, -0.25) is 4.79 Å². The van der Waals surface area contributed by atoms with Crippen LogP contribution in [0.5, 0.6) is 0 Å². The van der Waals surface area contributed by atoms with E-state index in [1.165, 1.54) is 0 Å². The van der Waals surface area contributed by atoms with Gasteiger partial charge < -0.3 is 15.1 Å². The molecule has 1 unspecified atom stereocenters. The molecule has 1 aliphatic heterocycles. The van der Waals surface area contributed by atoms with E-state index in [0.29, 0.717) is 10.6 Å². The Morgan fingerprint density at radius 1 is 1.43 bits per heavy atom. The average molecular weight is 310 g/mol. The minimum atomic E-state index is 0.0731. The first-order valence-corrected chi connectivity index (χ1v) is 7.91. The van der Waals surface area contributed by atoms with E-state index in [1.807, 2.05) is 18.0 Å². The Bertz CT molecular complexity index is 506. The summed E-state index contributed by atoms with van der Waals surface area (Å²) in [5.74, 6) is 0.0731. The predicted octanol–water partition coefficient (Wildman–Crippen LogP) is 2.94. The maximum Gasteiger partial charge on any atom is 0.256 e. The van der Waals surface area contributed by atoms with Crippen molar-refractivity contribution in [3.8, 4) is 0 Å². The molecule has 1 heterocycles. The summed E-state index contributed by atoms with van der Waals surface area (Å²) in [5.41, 5.74) is 1.49. The van der Waals surface area contributed by atoms with Crippen LogP contribution in [0.15, 0.2) is 18.2 Å². The number of nitrogens with one attached hydrogen (secondary N) is 1. The summed E-state index contributed by atoms with van der Waals surface area (Å²) in [6.07, 6.45) is 1.97. The fourth-order valence-corrected chi connectivity index (χ4v) is 3.10. The van der Waals surface area contributed by atoms with Gasteiger partial charge in [-0.2, -0.15) is 0 Å². The summed E-state index contributed by atoms with van der Waals surface area (Å²) in [5, 5.41) is 3.68. The summed E-state index contributed by atoms with van der Waals surface area (Å²) in [6.45, 7) is 4.91. The van der Waals surface area contributed by atoms with Gasteiger partial charge in [-0.15, -0.1) is 0 Å². The zero-order valence-corrected chi connectivity index (χ0v) is 13.8. The van der Waals surface area contributed by atoms with E-state index in [0.717, 1.165) is 38.2 Å². The van der Waals surface area contributed by atoms with Gasteiger partial charge in [0, 0.05) is 36.9 Å². The quantitative estimate of drug-likeness (QED) is 0.932. The number of rotatable bonds is 3. The molecule has 0 bridgehead atoms. The Morgan fingerprint density at radius 3 is 2.86 bits per heavy atom. The largest absolute Gasteiger partial charge is 0.387 e. The summed E-state index contributed by atoms with van der Waals surface area (Å²) < 4.78 is 0. The third-order valence-electron chi connectivity index (χ3n) is 4.12. The number of carbonyl (C=O) groups excluding carboxylic acids is 1. The first-order chi connectivity index (χ1) is 10.1. The van der Waals surface area contributed by atoms with E-state index in [9.17, 15) is 4.79 Å². The Labute approximate surface area is 132 Å². The molecule has 1 atom stereocenters. The summed E-state index contributed by atoms with van der Waals surface area (Å²) >= 11 is 6.08. The van der Waals surface area contributed by atoms with Crippen molar-refractivity contribution < 1.29 is 4.79 Å². The lowest BCUT2D eigenvalue weighted by Gasteiger charge is -2.31. The van der Waals surface area contributed by atoms with Crippen molar-refractivity contribution in [1.29, 1.82) is 0 Å². The highest BCUT2D eigenvalue weighted by molar-refractivity contribution is 6.31. The van der Waals surface area contributed by atoms with Gasteiger partial charge in [0.15, 0.2) is 0 Å². The van der Waals surface area contributed by atoms with Crippen molar-refractivity contribution in [1.82, 2.24) is 9.80 Å². The molecule has 0 saturated carbocycles. The van der Waals surface area contributed by atoms with Gasteiger partial charge in [0.25, 0.3) is 5.91 Å². The van der Waals surface area contributed by atoms with Crippen molar-refractivity contribution in [3.05, 3.63) is 28.8 Å². The zero-order chi connectivity index (χ0) is 15.4. The molecule has 1 saturated heterocycles. The zero-order valence-electron chi connectivity index (χ0n) is 13.0. The molecule has 1 N–H and O–H groups in total. The maximum absolute atomic E-state index is 13.0. The van der Waals surface area contributed by atoms with Crippen molar-refractivity contribution >= 4 is 23.2 Å². The van der Waals surface area contributed by atoms with Crippen molar-refractivity contribution in [2.24, 2.45) is 0 Å². The normalized spacial score (nSPS) is 20.2. The van der Waals surface area contributed by atoms with Crippen LogP contribution < -0.4 is 5.32 Å². The monoisotopic (exact) mass is 309 g/mol. The van der Waals surface area contributed by atoms with Crippen molar-refractivity contribution in [2.45, 2.75) is 25.8 Å². The Hall–Kier alpha value is -1.26. The second-order valence-corrected chi connectivity index (χ2v) is 6.05. The van der Waals surface area contributed by atoms with Crippen LogP contribution in [0.4, 0.5) is 5.69 Å². The highest BCUT2D eigenvalue weighted by Crippen LogP contribution is 2.24. The summed E-state index contributed by atoms with van der Waals surface area (Å²) in [7, 11) is 3.95. The van der Waals surface area contributed by atoms with Gasteiger partial charge in [-0.25, -0.2) is 0 Å². The van der Waals surface area contributed by atoms with E-state index in [2.05, 4.69) is 24.2 Å². The molecule has 0 aromatic heterocycles. The van der Waals surface area contributed by atoms with Gasteiger partial charge in [0.05, 0.1) is 5.56 Å². The molecule has 1 aromatic carbocycles. The van der Waals surface area contributed by atoms with Gasteiger partial charge >= 0.3 is 0 Å². The first kappa shape index (κ1) is 16.1. The molecule has 0 aliphatic carbocycles. The van der Waals surface area contributed by atoms with Crippen LogP contribution in [0.25, 0.3) is 0 Å². The number of carbonyl (C=O) groups is 1. The third-order valence-corrected chi connectivity index (χ3v) is 4.35. The van der Waals surface area contributed by atoms with Crippen LogP contribution in [0.3, 0.4) is 0 Å². The van der Waals surface area contributed by atoms with Gasteiger partial charge in [0.1, 0.15) is 0 Å². The van der Waals surface area contributed by atoms with Crippen LogP contribution in [0, 0.1) is 0 Å². The molecule has 5 heteroatoms. The topological polar surface area (TPSA) is 35.6 Å². The number of hydrogen-bond acceptors (Lipinski definition) is 3. The summed E-state index contributed by atoms with van der Waals surface area (Å²) in [4.78, 5) is 17.3. The Kier molecular flexibility index (Phi) is 5.48. The van der Waals surface area contributed by atoms with Gasteiger partial charge in [0.2, 0.25) is 0 Å². The molecule has 0 spiro atoms. The SMILES string of the molecule is CCC1CN(C)CCCN1C(=O)c1cc(Cl)ccc1NC. The third kappa shape index (κ3) is 3.69. The van der Waals surface area contributed by atoms with E-state index in [1.54, 1.807) is 12.1 Å². The molecule has 1 aromatic rings. The minimum Gasteiger partial charge on any atom is -0.387 e. The van der Waals surface area contributed by atoms with Gasteiger partial charge in [-0.1, -0.05) is 18.5 Å². The molecule has 4 nitrogen and oxygen atoms in total. The number of halogens is 1. The van der Waals surface area contributed by atoms with Crippen LogP contribution in [-0.2, 0) is 0 Å². The van der Waals surface area contributed by atoms with E-state index in [4.69, 9.17) is 11.6 Å². The second-order valence-electron chi connectivity index (χ2n) is 5.62.